The lowest BCUT2D eigenvalue weighted by Gasteiger charge is -2.07. The number of hydrogen-bond acceptors (Lipinski definition) is 6. The lowest BCUT2D eigenvalue weighted by atomic mass is 10.1. The second kappa shape index (κ2) is 8.25. The van der Waals surface area contributed by atoms with Crippen LogP contribution in [0.3, 0.4) is 0 Å². The van der Waals surface area contributed by atoms with Gasteiger partial charge in [-0.05, 0) is 33.6 Å². The summed E-state index contributed by atoms with van der Waals surface area (Å²) in [6, 6.07) is 4.68. The molecule has 0 aliphatic heterocycles. The van der Waals surface area contributed by atoms with E-state index in [1.807, 2.05) is 0 Å². The Morgan fingerprint density at radius 2 is 2.14 bits per heavy atom. The number of phenols is 1. The monoisotopic (exact) mass is 358 g/mol. The Morgan fingerprint density at radius 3 is 2.71 bits per heavy atom. The molecule has 0 radical (unpaired) electrons. The van der Waals surface area contributed by atoms with E-state index in [9.17, 15) is 14.7 Å². The Bertz CT molecular complexity index is 559. The number of carbonyl (C=O) groups is 2. The van der Waals surface area contributed by atoms with Crippen molar-refractivity contribution in [3.63, 3.8) is 0 Å². The number of nitrogens with zero attached hydrogens (tertiary/aromatic N) is 1. The first-order valence-electron chi connectivity index (χ1n) is 6.01. The number of methoxy groups -OCH3 is 1. The molecule has 0 fully saturated rings. The molecule has 7 nitrogen and oxygen atoms in total. The molecule has 0 atom stereocenters. The molecule has 0 aliphatic carbocycles. The van der Waals surface area contributed by atoms with Gasteiger partial charge in [-0.2, -0.15) is 0 Å². The smallest absolute Gasteiger partial charge is 0.307 e. The number of aromatic hydroxyl groups is 1. The fraction of sp³-hybridized carbons (Fsp3) is 0.308. The number of ether oxygens (including phenoxy) is 1. The minimum atomic E-state index is -0.578. The van der Waals surface area contributed by atoms with Gasteiger partial charge in [0.2, 0.25) is 0 Å². The van der Waals surface area contributed by atoms with Gasteiger partial charge in [-0.3, -0.25) is 9.59 Å². The first-order valence-corrected chi connectivity index (χ1v) is 6.80. The number of phenolic OH excluding ortho intramolecular Hbond substituents is 1. The van der Waals surface area contributed by atoms with Gasteiger partial charge in [-0.25, -0.2) is 0 Å². The van der Waals surface area contributed by atoms with Gasteiger partial charge in [-0.1, -0.05) is 11.2 Å². The molecule has 0 unspecified atom stereocenters. The van der Waals surface area contributed by atoms with E-state index in [0.29, 0.717) is 10.0 Å². The molecule has 0 saturated heterocycles. The minimum absolute atomic E-state index is 0.0334. The SMILES string of the molecule is COC(=O)CCNC(=O)/C(Cc1ccc(O)c(Br)c1)=N/O. The molecule has 0 aromatic heterocycles. The summed E-state index contributed by atoms with van der Waals surface area (Å²) in [5.41, 5.74) is 0.577. The van der Waals surface area contributed by atoms with E-state index in [-0.39, 0.29) is 30.8 Å². The highest BCUT2D eigenvalue weighted by molar-refractivity contribution is 9.10. The third-order valence-electron chi connectivity index (χ3n) is 2.61. The van der Waals surface area contributed by atoms with E-state index in [1.165, 1.54) is 13.2 Å². The number of hydrogen-bond donors (Lipinski definition) is 3. The zero-order valence-electron chi connectivity index (χ0n) is 11.3. The van der Waals surface area contributed by atoms with Crippen molar-refractivity contribution in [2.75, 3.05) is 13.7 Å². The summed E-state index contributed by atoms with van der Waals surface area (Å²) in [6.45, 7) is 0.0871. The Hall–Kier alpha value is -2.09. The lowest BCUT2D eigenvalue weighted by Crippen LogP contribution is -2.34. The molecule has 8 heteroatoms. The van der Waals surface area contributed by atoms with Gasteiger partial charge in [0.25, 0.3) is 5.91 Å². The number of esters is 1. The molecule has 0 heterocycles. The van der Waals surface area contributed by atoms with Crippen LogP contribution in [0, 0.1) is 0 Å². The zero-order chi connectivity index (χ0) is 15.8. The molecule has 21 heavy (non-hydrogen) atoms. The van der Waals surface area contributed by atoms with Gasteiger partial charge in [0, 0.05) is 13.0 Å². The predicted octanol–water partition coefficient (Wildman–Crippen LogP) is 1.21. The van der Waals surface area contributed by atoms with E-state index in [2.05, 4.69) is 31.1 Å². The molecule has 0 bridgehead atoms. The number of amides is 1. The zero-order valence-corrected chi connectivity index (χ0v) is 12.9. The van der Waals surface area contributed by atoms with Gasteiger partial charge in [0.15, 0.2) is 0 Å². The normalized spacial score (nSPS) is 11.0. The minimum Gasteiger partial charge on any atom is -0.507 e. The second-order valence-corrected chi connectivity index (χ2v) is 4.95. The fourth-order valence-electron chi connectivity index (χ4n) is 1.50. The van der Waals surface area contributed by atoms with Crippen LogP contribution in [-0.4, -0.2) is 41.6 Å². The van der Waals surface area contributed by atoms with Crippen LogP contribution < -0.4 is 5.32 Å². The van der Waals surface area contributed by atoms with Crippen LogP contribution in [0.4, 0.5) is 0 Å². The molecule has 1 aromatic carbocycles. The maximum Gasteiger partial charge on any atom is 0.307 e. The standard InChI is InChI=1S/C13H15BrN2O5/c1-21-12(18)4-5-15-13(19)10(16-20)7-8-2-3-11(17)9(14)6-8/h2-3,6,17,20H,4-5,7H2,1H3,(H,15,19)/b16-10+. The van der Waals surface area contributed by atoms with Crippen molar-refractivity contribution in [2.24, 2.45) is 5.16 Å². The van der Waals surface area contributed by atoms with Crippen LogP contribution >= 0.6 is 15.9 Å². The van der Waals surface area contributed by atoms with E-state index in [0.717, 1.165) is 0 Å². The Labute approximate surface area is 129 Å². The topological polar surface area (TPSA) is 108 Å². The highest BCUT2D eigenvalue weighted by Crippen LogP contribution is 2.24. The lowest BCUT2D eigenvalue weighted by molar-refractivity contribution is -0.140. The molecule has 114 valence electrons. The first-order chi connectivity index (χ1) is 9.97. The van der Waals surface area contributed by atoms with Crippen molar-refractivity contribution in [3.8, 4) is 5.75 Å². The van der Waals surface area contributed by atoms with Gasteiger partial charge in [0.05, 0.1) is 18.0 Å². The molecule has 0 spiro atoms. The number of rotatable bonds is 6. The summed E-state index contributed by atoms with van der Waals surface area (Å²) in [5.74, 6) is -0.949. The molecule has 1 rings (SSSR count). The average molecular weight is 359 g/mol. The van der Waals surface area contributed by atoms with Crippen molar-refractivity contribution in [1.82, 2.24) is 5.32 Å². The summed E-state index contributed by atoms with van der Waals surface area (Å²) >= 11 is 3.16. The van der Waals surface area contributed by atoms with Crippen LogP contribution in [0.2, 0.25) is 0 Å². The summed E-state index contributed by atoms with van der Waals surface area (Å²) in [5, 5.41) is 23.7. The average Bonchev–Trinajstić information content (AvgIpc) is 2.47. The Kier molecular flexibility index (Phi) is 6.67. The molecule has 3 N–H and O–H groups in total. The summed E-state index contributed by atoms with van der Waals surface area (Å²) < 4.78 is 4.92. The van der Waals surface area contributed by atoms with Crippen LogP contribution in [0.25, 0.3) is 0 Å². The van der Waals surface area contributed by atoms with E-state index in [1.54, 1.807) is 12.1 Å². The molecular formula is C13H15BrN2O5. The number of nitrogens with one attached hydrogen (secondary N) is 1. The number of benzene rings is 1. The van der Waals surface area contributed by atoms with Gasteiger partial charge >= 0.3 is 5.97 Å². The highest BCUT2D eigenvalue weighted by Gasteiger charge is 2.14. The first kappa shape index (κ1) is 17.0. The quantitative estimate of drug-likeness (QED) is 0.306. The summed E-state index contributed by atoms with van der Waals surface area (Å²) in [7, 11) is 1.26. The van der Waals surface area contributed by atoms with Crippen molar-refractivity contribution in [3.05, 3.63) is 28.2 Å². The van der Waals surface area contributed by atoms with Gasteiger partial charge in [-0.15, -0.1) is 0 Å². The largest absolute Gasteiger partial charge is 0.507 e. The van der Waals surface area contributed by atoms with Gasteiger partial charge in [0.1, 0.15) is 11.5 Å². The molecule has 0 saturated carbocycles. The molecule has 0 aliphatic rings. The second-order valence-electron chi connectivity index (χ2n) is 4.09. The van der Waals surface area contributed by atoms with Crippen LogP contribution in [-0.2, 0) is 20.7 Å². The maximum atomic E-state index is 11.8. The fourth-order valence-corrected chi connectivity index (χ4v) is 1.92. The number of halogens is 1. The Morgan fingerprint density at radius 1 is 1.43 bits per heavy atom. The van der Waals surface area contributed by atoms with Crippen LogP contribution in [0.15, 0.2) is 27.8 Å². The van der Waals surface area contributed by atoms with Crippen molar-refractivity contribution < 1.29 is 24.6 Å². The van der Waals surface area contributed by atoms with E-state index >= 15 is 0 Å². The summed E-state index contributed by atoms with van der Waals surface area (Å²) in [6.07, 6.45) is 0.116. The van der Waals surface area contributed by atoms with Crippen molar-refractivity contribution in [2.45, 2.75) is 12.8 Å². The van der Waals surface area contributed by atoms with Crippen LogP contribution in [0.1, 0.15) is 12.0 Å². The number of oxime groups is 1. The van der Waals surface area contributed by atoms with E-state index in [4.69, 9.17) is 5.21 Å². The molecule has 1 amide bonds. The molecular weight excluding hydrogens is 344 g/mol. The van der Waals surface area contributed by atoms with Gasteiger partial charge < -0.3 is 20.4 Å². The number of carbonyl (C=O) groups excluding carboxylic acids is 2. The van der Waals surface area contributed by atoms with Crippen LogP contribution in [0.5, 0.6) is 5.75 Å². The third-order valence-corrected chi connectivity index (χ3v) is 3.24. The van der Waals surface area contributed by atoms with Crippen molar-refractivity contribution >= 4 is 33.5 Å². The highest BCUT2D eigenvalue weighted by atomic mass is 79.9. The predicted molar refractivity (Wildman–Crippen MR) is 78.4 cm³/mol. The van der Waals surface area contributed by atoms with Crippen molar-refractivity contribution in [1.29, 1.82) is 0 Å². The van der Waals surface area contributed by atoms with E-state index < -0.39 is 11.9 Å². The molecule has 1 aromatic rings. The summed E-state index contributed by atoms with van der Waals surface area (Å²) in [4.78, 5) is 22.7. The third kappa shape index (κ3) is 5.42. The maximum absolute atomic E-state index is 11.8. The Balaban J connectivity index is 2.60.